The van der Waals surface area contributed by atoms with Gasteiger partial charge in [-0.1, -0.05) is 18.2 Å². The fourth-order valence-corrected chi connectivity index (χ4v) is 6.73. The van der Waals surface area contributed by atoms with E-state index >= 15 is 0 Å². The summed E-state index contributed by atoms with van der Waals surface area (Å²) in [6.07, 6.45) is -5.40. The third-order valence-electron chi connectivity index (χ3n) is 9.04. The summed E-state index contributed by atoms with van der Waals surface area (Å²) in [5, 5.41) is 17.1. The van der Waals surface area contributed by atoms with Gasteiger partial charge in [-0.3, -0.25) is 19.3 Å². The zero-order valence-electron chi connectivity index (χ0n) is 25.7. The largest absolute Gasteiger partial charge is 0.416 e. The van der Waals surface area contributed by atoms with E-state index in [0.717, 1.165) is 29.2 Å². The second-order valence-electron chi connectivity index (χ2n) is 12.0. The number of likely N-dealkylation sites (tertiary alicyclic amines) is 1. The molecule has 0 spiro atoms. The number of ether oxygens (including phenoxy) is 1. The lowest BCUT2D eigenvalue weighted by Gasteiger charge is -2.39. The quantitative estimate of drug-likeness (QED) is 0.378. The zero-order valence-corrected chi connectivity index (χ0v) is 25.7. The van der Waals surface area contributed by atoms with E-state index in [1.54, 1.807) is 11.6 Å². The van der Waals surface area contributed by atoms with Gasteiger partial charge in [0, 0.05) is 43.2 Å². The molecule has 4 atom stereocenters. The van der Waals surface area contributed by atoms with Crippen LogP contribution in [0.5, 0.6) is 0 Å². The highest BCUT2D eigenvalue weighted by Crippen LogP contribution is 2.45. The predicted molar refractivity (Wildman–Crippen MR) is 160 cm³/mol. The first-order valence-corrected chi connectivity index (χ1v) is 15.5. The lowest BCUT2D eigenvalue weighted by Crippen LogP contribution is -2.56. The third-order valence-corrected chi connectivity index (χ3v) is 9.04. The summed E-state index contributed by atoms with van der Waals surface area (Å²) in [6.45, 7) is 2.13. The van der Waals surface area contributed by atoms with Crippen molar-refractivity contribution < 1.29 is 41.1 Å². The Bertz CT molecular complexity index is 1770. The number of hydrogen-bond donors (Lipinski definition) is 1. The Kier molecular flexibility index (Phi) is 8.95. The van der Waals surface area contributed by atoms with Crippen molar-refractivity contribution in [1.82, 2.24) is 20.0 Å². The lowest BCUT2D eigenvalue weighted by atomic mass is 9.80. The molecular weight excluding hydrogens is 639 g/mol. The number of halogens is 5. The van der Waals surface area contributed by atoms with Crippen LogP contribution in [0.2, 0.25) is 0 Å². The smallest absolute Gasteiger partial charge is 0.381 e. The molecule has 10 nitrogen and oxygen atoms in total. The molecule has 0 unspecified atom stereocenters. The molecule has 6 rings (SSSR count). The highest BCUT2D eigenvalue weighted by Gasteiger charge is 2.49. The normalized spacial score (nSPS) is 23.1. The highest BCUT2D eigenvalue weighted by atomic mass is 19.4. The Morgan fingerprint density at radius 3 is 2.48 bits per heavy atom. The van der Waals surface area contributed by atoms with Crippen LogP contribution < -0.4 is 10.2 Å². The molecule has 3 aromatic rings. The number of benzene rings is 2. The van der Waals surface area contributed by atoms with E-state index in [0.29, 0.717) is 37.7 Å². The first-order chi connectivity index (χ1) is 22.9. The van der Waals surface area contributed by atoms with Crippen LogP contribution >= 0.6 is 0 Å². The molecule has 1 aromatic heterocycles. The van der Waals surface area contributed by atoms with E-state index in [1.807, 2.05) is 6.07 Å². The topological polar surface area (TPSA) is 121 Å². The molecule has 0 saturated carbocycles. The van der Waals surface area contributed by atoms with E-state index < -0.39 is 59.5 Å². The standard InChI is InChI=1S/C33H31F5N6O4/c1-2-42-30-26(28(41-44(30)23-10-12-48-13-11-23)32(47)43-17-22(35)15-24(43)16-39)25(18-6-8-21(34)9-7-18)27(31(42)46)40-29(45)19-4-3-5-20(14-19)33(36,37)38/h3-9,14,22-25,27H,2,10-13,15,17H2,1H3,(H,40,45)/t22-,24+,25+,27+/m1/s1. The average Bonchev–Trinajstić information content (AvgIpc) is 3.66. The summed E-state index contributed by atoms with van der Waals surface area (Å²) in [7, 11) is 0. The van der Waals surface area contributed by atoms with Gasteiger partial charge in [0.1, 0.15) is 29.9 Å². The van der Waals surface area contributed by atoms with Crippen molar-refractivity contribution in [3.05, 3.63) is 82.3 Å². The fraction of sp³-hybridized carbons (Fsp3) is 0.424. The van der Waals surface area contributed by atoms with Crippen molar-refractivity contribution in [1.29, 1.82) is 5.26 Å². The molecule has 2 aromatic carbocycles. The molecule has 2 saturated heterocycles. The first-order valence-electron chi connectivity index (χ1n) is 15.5. The average molecular weight is 671 g/mol. The number of carbonyl (C=O) groups excluding carboxylic acids is 3. The summed E-state index contributed by atoms with van der Waals surface area (Å²) >= 11 is 0. The number of nitrogens with zero attached hydrogens (tertiary/aromatic N) is 5. The van der Waals surface area contributed by atoms with Crippen molar-refractivity contribution in [2.75, 3.05) is 31.2 Å². The third kappa shape index (κ3) is 6.00. The number of alkyl halides is 4. The molecule has 3 aliphatic heterocycles. The summed E-state index contributed by atoms with van der Waals surface area (Å²) in [6, 6.07) is 7.85. The minimum Gasteiger partial charge on any atom is -0.381 e. The summed E-state index contributed by atoms with van der Waals surface area (Å²) < 4.78 is 76.3. The summed E-state index contributed by atoms with van der Waals surface area (Å²) in [5.74, 6) is -3.90. The van der Waals surface area contributed by atoms with Crippen molar-refractivity contribution in [3.8, 4) is 6.07 Å². The fourth-order valence-electron chi connectivity index (χ4n) is 6.73. The molecule has 15 heteroatoms. The molecule has 3 amide bonds. The number of rotatable bonds is 6. The van der Waals surface area contributed by atoms with Gasteiger partial charge in [-0.15, -0.1) is 0 Å². The lowest BCUT2D eigenvalue weighted by molar-refractivity contribution is -0.137. The molecule has 1 N–H and O–H groups in total. The molecule has 2 fully saturated rings. The van der Waals surface area contributed by atoms with E-state index in [1.165, 1.54) is 23.1 Å². The zero-order chi connectivity index (χ0) is 34.3. The summed E-state index contributed by atoms with van der Waals surface area (Å²) in [4.78, 5) is 44.7. The van der Waals surface area contributed by atoms with Crippen LogP contribution in [0, 0.1) is 17.1 Å². The Hall–Kier alpha value is -4.84. The summed E-state index contributed by atoms with van der Waals surface area (Å²) in [5.41, 5.74) is -1.11. The van der Waals surface area contributed by atoms with Crippen LogP contribution in [0.3, 0.4) is 0 Å². The molecular formula is C33H31F5N6O4. The monoisotopic (exact) mass is 670 g/mol. The number of aromatic nitrogens is 2. The maximum atomic E-state index is 14.5. The van der Waals surface area contributed by atoms with E-state index in [-0.39, 0.29) is 48.2 Å². The number of hydrogen-bond acceptors (Lipinski definition) is 6. The van der Waals surface area contributed by atoms with Crippen LogP contribution in [-0.4, -0.2) is 77.0 Å². The maximum Gasteiger partial charge on any atom is 0.416 e. The number of carbonyl (C=O) groups is 3. The second-order valence-corrected chi connectivity index (χ2v) is 12.0. The van der Waals surface area contributed by atoms with E-state index in [2.05, 4.69) is 5.32 Å². The molecule has 252 valence electrons. The van der Waals surface area contributed by atoms with Gasteiger partial charge < -0.3 is 15.0 Å². The minimum atomic E-state index is -4.73. The minimum absolute atomic E-state index is 0.0531. The van der Waals surface area contributed by atoms with Crippen LogP contribution in [-0.2, 0) is 15.7 Å². The molecule has 0 radical (unpaired) electrons. The molecule has 48 heavy (non-hydrogen) atoms. The van der Waals surface area contributed by atoms with Crippen molar-refractivity contribution in [2.45, 2.75) is 62.6 Å². The van der Waals surface area contributed by atoms with Crippen molar-refractivity contribution >= 4 is 23.5 Å². The number of fused-ring (bicyclic) bond motifs is 1. The van der Waals surface area contributed by atoms with Crippen LogP contribution in [0.15, 0.2) is 48.5 Å². The van der Waals surface area contributed by atoms with Crippen molar-refractivity contribution in [2.24, 2.45) is 0 Å². The van der Waals surface area contributed by atoms with Crippen LogP contribution in [0.25, 0.3) is 0 Å². The SMILES string of the molecule is CCN1C(=O)[C@@H](NC(=O)c2cccc(C(F)(F)F)c2)[C@@H](c2ccc(F)cc2)c2c(C(=O)N3C[C@H](F)C[C@H]3C#N)nn(C3CCOCC3)c21. The van der Waals surface area contributed by atoms with Gasteiger partial charge >= 0.3 is 6.18 Å². The van der Waals surface area contributed by atoms with Gasteiger partial charge in [-0.05, 0) is 55.7 Å². The predicted octanol–water partition coefficient (Wildman–Crippen LogP) is 4.77. The highest BCUT2D eigenvalue weighted by molar-refractivity contribution is 6.07. The molecule has 0 aliphatic carbocycles. The van der Waals surface area contributed by atoms with Crippen molar-refractivity contribution in [3.63, 3.8) is 0 Å². The van der Waals surface area contributed by atoms with E-state index in [9.17, 15) is 41.6 Å². The second kappa shape index (κ2) is 13.0. The van der Waals surface area contributed by atoms with Gasteiger partial charge in [0.2, 0.25) is 0 Å². The van der Waals surface area contributed by atoms with Gasteiger partial charge in [0.25, 0.3) is 17.7 Å². The Morgan fingerprint density at radius 1 is 1.12 bits per heavy atom. The van der Waals surface area contributed by atoms with Crippen LogP contribution in [0.4, 0.5) is 27.8 Å². The molecule has 4 heterocycles. The van der Waals surface area contributed by atoms with Gasteiger partial charge in [0.15, 0.2) is 5.69 Å². The number of nitrogens with one attached hydrogen (secondary N) is 1. The number of amides is 3. The Balaban J connectivity index is 1.54. The van der Waals surface area contributed by atoms with Gasteiger partial charge in [0.05, 0.1) is 24.2 Å². The first kappa shape index (κ1) is 33.1. The number of anilines is 1. The Labute approximate surface area is 272 Å². The van der Waals surface area contributed by atoms with E-state index in [4.69, 9.17) is 9.84 Å². The number of likely N-dealkylation sites (N-methyl/N-ethyl adjacent to an activating group) is 1. The van der Waals surface area contributed by atoms with Crippen LogP contribution in [0.1, 0.15) is 75.7 Å². The maximum absolute atomic E-state index is 14.5. The molecule has 3 aliphatic rings. The Morgan fingerprint density at radius 2 is 1.83 bits per heavy atom. The molecule has 0 bridgehead atoms. The van der Waals surface area contributed by atoms with Gasteiger partial charge in [-0.2, -0.15) is 23.5 Å². The number of nitriles is 1. The van der Waals surface area contributed by atoms with Gasteiger partial charge in [-0.25, -0.2) is 13.5 Å².